The van der Waals surface area contributed by atoms with Gasteiger partial charge in [-0.25, -0.2) is 9.78 Å². The fourth-order valence-corrected chi connectivity index (χ4v) is 7.10. The molecule has 2 aromatic heterocycles. The number of carboxylic acid groups (broad SMARTS) is 1. The molecular formula is C34H32ClF6N5O6. The van der Waals surface area contributed by atoms with Crippen molar-refractivity contribution in [2.75, 3.05) is 32.8 Å². The highest BCUT2D eigenvalue weighted by Gasteiger charge is 2.44. The highest BCUT2D eigenvalue weighted by Crippen LogP contribution is 2.40. The molecule has 0 unspecified atom stereocenters. The first-order valence-electron chi connectivity index (χ1n) is 16.1. The van der Waals surface area contributed by atoms with Gasteiger partial charge in [-0.05, 0) is 42.2 Å². The highest BCUT2D eigenvalue weighted by atomic mass is 35.5. The molecule has 0 saturated carbocycles. The van der Waals surface area contributed by atoms with Gasteiger partial charge in [-0.15, -0.1) is 0 Å². The van der Waals surface area contributed by atoms with E-state index in [4.69, 9.17) is 16.3 Å². The van der Waals surface area contributed by atoms with Gasteiger partial charge in [0.2, 0.25) is 5.91 Å². The maximum absolute atomic E-state index is 14.4. The fraction of sp³-hybridized carbons (Fsp3) is 0.412. The van der Waals surface area contributed by atoms with E-state index < -0.39 is 59.5 Å². The highest BCUT2D eigenvalue weighted by molar-refractivity contribution is 6.31. The molecule has 0 aliphatic carbocycles. The number of likely N-dealkylation sites (tertiary alicyclic amines) is 1. The third-order valence-electron chi connectivity index (χ3n) is 9.56. The largest absolute Gasteiger partial charge is 0.465 e. The molecule has 0 bridgehead atoms. The van der Waals surface area contributed by atoms with Crippen LogP contribution in [0, 0.1) is 0 Å². The van der Waals surface area contributed by atoms with Crippen molar-refractivity contribution in [2.45, 2.75) is 55.7 Å². The lowest BCUT2D eigenvalue weighted by atomic mass is 9.89. The molecule has 0 spiro atoms. The van der Waals surface area contributed by atoms with E-state index in [-0.39, 0.29) is 85.2 Å². The van der Waals surface area contributed by atoms with Crippen LogP contribution in [0.3, 0.4) is 0 Å². The van der Waals surface area contributed by atoms with Crippen molar-refractivity contribution in [3.63, 3.8) is 0 Å². The molecule has 11 nitrogen and oxygen atoms in total. The van der Waals surface area contributed by atoms with Crippen molar-refractivity contribution in [2.24, 2.45) is 0 Å². The third kappa shape index (κ3) is 7.47. The van der Waals surface area contributed by atoms with Crippen LogP contribution in [0.1, 0.15) is 47.9 Å². The number of piperidine rings is 1. The van der Waals surface area contributed by atoms with Gasteiger partial charge >= 0.3 is 18.4 Å². The molecule has 2 aromatic carbocycles. The average molecular weight is 756 g/mol. The molecule has 18 heteroatoms. The van der Waals surface area contributed by atoms with Crippen LogP contribution < -0.4 is 5.56 Å². The second kappa shape index (κ2) is 14.1. The molecule has 2 N–H and O–H groups in total. The summed E-state index contributed by atoms with van der Waals surface area (Å²) < 4.78 is 92.1. The number of ether oxygens (including phenoxy) is 1. The van der Waals surface area contributed by atoms with Gasteiger partial charge in [-0.2, -0.15) is 26.3 Å². The lowest BCUT2D eigenvalue weighted by Gasteiger charge is -2.39. The SMILES string of the molecule is O=C(C[C@H](c1ccccc1)C(F)(F)F)N1CCC(O)(Cn2cnc3c(cc(Cl)n3-c3ccc([C@@H]4COCCN4C(=O)O)c(C(F)(F)F)c3)c2=O)CC1. The summed E-state index contributed by atoms with van der Waals surface area (Å²) in [6.07, 6.45) is -10.8. The number of benzene rings is 2. The van der Waals surface area contributed by atoms with Crippen LogP contribution in [0.5, 0.6) is 0 Å². The summed E-state index contributed by atoms with van der Waals surface area (Å²) in [6.45, 7) is -0.771. The second-order valence-corrected chi connectivity index (χ2v) is 13.3. The zero-order valence-electron chi connectivity index (χ0n) is 27.2. The Balaban J connectivity index is 1.21. The van der Waals surface area contributed by atoms with E-state index in [1.165, 1.54) is 41.3 Å². The standard InChI is InChI=1S/C34H32ClF6N5O6/c35-27-15-23-29(46(27)21-6-7-22(25(14-21)34(39,40)41)26-17-52-13-12-45(26)31(49)50)42-19-44(30(23)48)18-32(51)8-10-43(11-9-32)28(47)16-24(33(36,37)38)20-4-2-1-3-5-20/h1-7,14-15,19,24,26,51H,8-13,16-18H2,(H,49,50)/t24-,26+/m1/s1. The molecule has 52 heavy (non-hydrogen) atoms. The quantitative estimate of drug-likeness (QED) is 0.222. The Bertz CT molecular complexity index is 2030. The smallest absolute Gasteiger partial charge is 0.416 e. The van der Waals surface area contributed by atoms with Crippen LogP contribution in [-0.4, -0.2) is 90.8 Å². The lowest BCUT2D eigenvalue weighted by molar-refractivity contribution is -0.162. The summed E-state index contributed by atoms with van der Waals surface area (Å²) in [5.74, 6) is -2.72. The van der Waals surface area contributed by atoms with Crippen LogP contribution in [0.2, 0.25) is 5.15 Å². The maximum Gasteiger partial charge on any atom is 0.416 e. The molecule has 0 radical (unpaired) electrons. The number of aliphatic hydroxyl groups is 1. The van der Waals surface area contributed by atoms with Crippen LogP contribution >= 0.6 is 11.6 Å². The predicted molar refractivity (Wildman–Crippen MR) is 174 cm³/mol. The summed E-state index contributed by atoms with van der Waals surface area (Å²) in [6, 6.07) is 10.3. The number of hydrogen-bond donors (Lipinski definition) is 2. The number of alkyl halides is 6. The fourth-order valence-electron chi connectivity index (χ4n) is 6.81. The number of halogens is 7. The molecule has 6 rings (SSSR count). The Kier molecular flexibility index (Phi) is 10.1. The summed E-state index contributed by atoms with van der Waals surface area (Å²) in [5.41, 5.74) is -3.86. The van der Waals surface area contributed by atoms with E-state index in [1.54, 1.807) is 6.07 Å². The summed E-state index contributed by atoms with van der Waals surface area (Å²) in [7, 11) is 0. The zero-order valence-corrected chi connectivity index (χ0v) is 28.0. The van der Waals surface area contributed by atoms with E-state index in [1.807, 2.05) is 0 Å². The van der Waals surface area contributed by atoms with Crippen LogP contribution in [0.25, 0.3) is 16.7 Å². The van der Waals surface area contributed by atoms with Gasteiger partial charge in [0.25, 0.3) is 5.56 Å². The molecule has 4 heterocycles. The number of aromatic nitrogens is 3. The van der Waals surface area contributed by atoms with Gasteiger partial charge in [0.05, 0.1) is 48.3 Å². The number of morpholine rings is 1. The lowest BCUT2D eigenvalue weighted by Crippen LogP contribution is -2.50. The van der Waals surface area contributed by atoms with Crippen molar-refractivity contribution in [3.8, 4) is 5.69 Å². The molecule has 2 atom stereocenters. The van der Waals surface area contributed by atoms with Gasteiger partial charge in [-0.1, -0.05) is 48.0 Å². The Labute approximate surface area is 296 Å². The van der Waals surface area contributed by atoms with Crippen molar-refractivity contribution in [3.05, 3.63) is 93.1 Å². The van der Waals surface area contributed by atoms with E-state index in [2.05, 4.69) is 4.98 Å². The first kappa shape index (κ1) is 37.2. The molecule has 2 amide bonds. The third-order valence-corrected chi connectivity index (χ3v) is 9.84. The monoisotopic (exact) mass is 755 g/mol. The number of fused-ring (bicyclic) bond motifs is 1. The Morgan fingerprint density at radius 1 is 1.02 bits per heavy atom. The minimum Gasteiger partial charge on any atom is -0.465 e. The minimum absolute atomic E-state index is 0.0346. The van der Waals surface area contributed by atoms with Crippen molar-refractivity contribution in [1.29, 1.82) is 0 Å². The Hall–Kier alpha value is -4.61. The first-order chi connectivity index (χ1) is 24.5. The molecule has 2 aliphatic rings. The predicted octanol–water partition coefficient (Wildman–Crippen LogP) is 6.00. The van der Waals surface area contributed by atoms with Gasteiger partial charge in [0.15, 0.2) is 5.65 Å². The van der Waals surface area contributed by atoms with Gasteiger partial charge < -0.3 is 19.8 Å². The van der Waals surface area contributed by atoms with Gasteiger partial charge in [-0.3, -0.25) is 23.6 Å². The van der Waals surface area contributed by atoms with E-state index in [0.29, 0.717) is 0 Å². The van der Waals surface area contributed by atoms with Crippen molar-refractivity contribution >= 4 is 34.6 Å². The second-order valence-electron chi connectivity index (χ2n) is 12.9. The van der Waals surface area contributed by atoms with E-state index in [0.717, 1.165) is 32.5 Å². The summed E-state index contributed by atoms with van der Waals surface area (Å²) >= 11 is 6.44. The van der Waals surface area contributed by atoms with Crippen molar-refractivity contribution < 1.29 is 50.9 Å². The average Bonchev–Trinajstić information content (AvgIpc) is 3.44. The first-order valence-corrected chi connectivity index (χ1v) is 16.5. The number of carbonyl (C=O) groups is 2. The molecule has 278 valence electrons. The molecule has 2 aliphatic heterocycles. The van der Waals surface area contributed by atoms with E-state index >= 15 is 0 Å². The van der Waals surface area contributed by atoms with E-state index in [9.17, 15) is 50.9 Å². The maximum atomic E-state index is 14.4. The van der Waals surface area contributed by atoms with Crippen LogP contribution in [-0.2, 0) is 22.3 Å². The van der Waals surface area contributed by atoms with Gasteiger partial charge in [0.1, 0.15) is 11.5 Å². The molecule has 2 saturated heterocycles. The minimum atomic E-state index is -4.90. The molecule has 4 aromatic rings. The number of rotatable bonds is 7. The Morgan fingerprint density at radius 3 is 2.35 bits per heavy atom. The molecular weight excluding hydrogens is 724 g/mol. The number of amides is 2. The van der Waals surface area contributed by atoms with Crippen LogP contribution in [0.15, 0.2) is 65.7 Å². The normalized spacial score (nSPS) is 18.8. The number of hydrogen-bond acceptors (Lipinski definition) is 6. The Morgan fingerprint density at radius 2 is 1.71 bits per heavy atom. The van der Waals surface area contributed by atoms with Gasteiger partial charge in [0, 0.05) is 31.7 Å². The summed E-state index contributed by atoms with van der Waals surface area (Å²) in [5, 5.41) is 20.7. The zero-order chi connectivity index (χ0) is 37.6. The van der Waals surface area contributed by atoms with Crippen LogP contribution in [0.4, 0.5) is 31.1 Å². The number of carbonyl (C=O) groups excluding carboxylic acids is 1. The van der Waals surface area contributed by atoms with Crippen molar-refractivity contribution in [1.82, 2.24) is 23.9 Å². The number of nitrogens with zero attached hydrogens (tertiary/aromatic N) is 5. The molecule has 2 fully saturated rings. The topological polar surface area (TPSA) is 130 Å². The summed E-state index contributed by atoms with van der Waals surface area (Å²) in [4.78, 5) is 44.7.